The Morgan fingerprint density at radius 2 is 1.71 bits per heavy atom. The van der Waals surface area contributed by atoms with Gasteiger partial charge in [0, 0.05) is 12.3 Å². The van der Waals surface area contributed by atoms with Crippen LogP contribution in [0.25, 0.3) is 0 Å². The Balaban J connectivity index is 1.61. The van der Waals surface area contributed by atoms with Gasteiger partial charge in [0.2, 0.25) is 0 Å². The van der Waals surface area contributed by atoms with Crippen molar-refractivity contribution in [3.63, 3.8) is 0 Å². The van der Waals surface area contributed by atoms with Crippen molar-refractivity contribution in [3.8, 4) is 0 Å². The lowest BCUT2D eigenvalue weighted by atomic mass is 9.95. The van der Waals surface area contributed by atoms with Crippen LogP contribution in [0, 0.1) is 0 Å². The van der Waals surface area contributed by atoms with Crippen molar-refractivity contribution in [2.45, 2.75) is 55.2 Å². The molecule has 0 saturated carbocycles. The van der Waals surface area contributed by atoms with E-state index < -0.39 is 89.9 Å². The van der Waals surface area contributed by atoms with Crippen molar-refractivity contribution in [2.24, 2.45) is 0 Å². The zero-order valence-corrected chi connectivity index (χ0v) is 21.9. The molecule has 2 fully saturated rings. The molecule has 20 heteroatoms. The lowest BCUT2D eigenvalue weighted by molar-refractivity contribution is -0.266. The fourth-order valence-corrected chi connectivity index (χ4v) is 6.22. The molecule has 0 aromatic rings. The van der Waals surface area contributed by atoms with E-state index in [1.54, 1.807) is 0 Å². The van der Waals surface area contributed by atoms with Crippen LogP contribution in [0.15, 0.2) is 24.7 Å². The topological polar surface area (TPSA) is 257 Å². The van der Waals surface area contributed by atoms with E-state index in [0.29, 0.717) is 0 Å². The number of nitrogens with zero attached hydrogens (tertiary/aromatic N) is 2. The number of nitrogens with one attached hydrogen (secondary N) is 1. The number of likely N-dealkylation sites (N-methyl/N-ethyl adjacent to an activating group) is 1. The first kappa shape index (κ1) is 31.2. The lowest BCUT2D eigenvalue weighted by Crippen LogP contribution is -2.63. The lowest BCUT2D eigenvalue weighted by Gasteiger charge is -2.44. The maximum atomic E-state index is 12.4. The van der Waals surface area contributed by atoms with Gasteiger partial charge in [0.15, 0.2) is 12.5 Å². The molecule has 8 N–H and O–H groups in total. The van der Waals surface area contributed by atoms with Gasteiger partial charge in [-0.05, 0) is 14.1 Å². The number of hydrogen-bond donors (Lipinski definition) is 8. The summed E-state index contributed by atoms with van der Waals surface area (Å²) in [5.41, 5.74) is 0. The average Bonchev–Trinajstić information content (AvgIpc) is 3.07. The van der Waals surface area contributed by atoms with Crippen molar-refractivity contribution in [1.82, 2.24) is 15.1 Å². The zero-order valence-electron chi connectivity index (χ0n) is 20.2. The third-order valence-electron chi connectivity index (χ3n) is 5.87. The number of hydrogen-bond acceptors (Lipinski definition) is 15. The maximum absolute atomic E-state index is 12.4. The number of carbonyl (C=O) groups excluding carboxylic acids is 1. The highest BCUT2D eigenvalue weighted by Crippen LogP contribution is 2.61. The van der Waals surface area contributed by atoms with Gasteiger partial charge in [-0.1, -0.05) is 6.58 Å². The van der Waals surface area contributed by atoms with Crippen molar-refractivity contribution in [2.75, 3.05) is 27.3 Å². The Bertz CT molecular complexity index is 1010. The minimum absolute atomic E-state index is 0.0180. The van der Waals surface area contributed by atoms with E-state index >= 15 is 0 Å². The van der Waals surface area contributed by atoms with Gasteiger partial charge in [-0.3, -0.25) is 13.8 Å². The van der Waals surface area contributed by atoms with E-state index in [1.807, 2.05) is 0 Å². The predicted octanol–water partition coefficient (Wildman–Crippen LogP) is -3.53. The smallest absolute Gasteiger partial charge is 0.394 e. The fourth-order valence-electron chi connectivity index (χ4n) is 4.06. The van der Waals surface area contributed by atoms with Crippen LogP contribution in [0.2, 0.25) is 0 Å². The Hall–Kier alpha value is -1.31. The summed E-state index contributed by atoms with van der Waals surface area (Å²) in [5, 5.41) is 53.0. The van der Waals surface area contributed by atoms with E-state index in [4.69, 9.17) is 14.0 Å². The van der Waals surface area contributed by atoms with Crippen LogP contribution in [-0.4, -0.2) is 134 Å². The molecule has 18 nitrogen and oxygen atoms in total. The summed E-state index contributed by atoms with van der Waals surface area (Å²) < 4.78 is 48.9. The van der Waals surface area contributed by atoms with Crippen molar-refractivity contribution >= 4 is 21.6 Å². The molecule has 3 rings (SSSR count). The minimum Gasteiger partial charge on any atom is -0.394 e. The van der Waals surface area contributed by atoms with E-state index in [0.717, 1.165) is 6.08 Å². The third-order valence-corrected chi connectivity index (χ3v) is 8.47. The molecule has 0 spiro atoms. The van der Waals surface area contributed by atoms with Crippen LogP contribution in [0.4, 0.5) is 0 Å². The van der Waals surface area contributed by atoms with Crippen molar-refractivity contribution in [1.29, 1.82) is 0 Å². The molecule has 218 valence electrons. The molecule has 0 aliphatic carbocycles. The SMILES string of the molecule is C=C1NC(=O)C=CN1[C@@H]1O[C@H](COP(=O)(O)OP(=O)(O)O[C@H]2OC(CO)[C@@H](O)[C@H](N(C)C)C2O)C(O)[C@@H]1O. The first-order valence-electron chi connectivity index (χ1n) is 11.0. The van der Waals surface area contributed by atoms with E-state index in [-0.39, 0.29) is 5.82 Å². The van der Waals surface area contributed by atoms with E-state index in [9.17, 15) is 49.2 Å². The number of aliphatic hydroxyl groups is 5. The maximum Gasteiger partial charge on any atom is 0.483 e. The summed E-state index contributed by atoms with van der Waals surface area (Å²) in [6.45, 7) is 1.92. The van der Waals surface area contributed by atoms with Gasteiger partial charge in [-0.2, -0.15) is 4.31 Å². The molecule has 11 atom stereocenters. The van der Waals surface area contributed by atoms with Crippen LogP contribution in [0.3, 0.4) is 0 Å². The number of phosphoric ester groups is 2. The molecule has 0 aromatic carbocycles. The number of ether oxygens (including phenoxy) is 2. The van der Waals surface area contributed by atoms with Crippen LogP contribution < -0.4 is 5.32 Å². The van der Waals surface area contributed by atoms with Crippen LogP contribution in [0.5, 0.6) is 0 Å². The highest BCUT2D eigenvalue weighted by atomic mass is 31.3. The Morgan fingerprint density at radius 3 is 2.29 bits per heavy atom. The average molecular weight is 591 g/mol. The molecule has 2 saturated heterocycles. The van der Waals surface area contributed by atoms with Gasteiger partial charge in [0.1, 0.15) is 42.4 Å². The van der Waals surface area contributed by atoms with Crippen molar-refractivity contribution < 1.29 is 72.1 Å². The summed E-state index contributed by atoms with van der Waals surface area (Å²) in [4.78, 5) is 33.9. The zero-order chi connectivity index (χ0) is 28.6. The summed E-state index contributed by atoms with van der Waals surface area (Å²) in [7, 11) is -7.97. The molecular weight excluding hydrogens is 560 g/mol. The minimum atomic E-state index is -5.50. The predicted molar refractivity (Wildman–Crippen MR) is 122 cm³/mol. The third kappa shape index (κ3) is 7.06. The molecule has 0 radical (unpaired) electrons. The number of phosphoric acid groups is 2. The molecule has 1 amide bonds. The monoisotopic (exact) mass is 591 g/mol. The van der Waals surface area contributed by atoms with Gasteiger partial charge in [0.05, 0.1) is 19.3 Å². The van der Waals surface area contributed by atoms with E-state index in [1.165, 1.54) is 30.1 Å². The molecular formula is C18H31N3O15P2. The van der Waals surface area contributed by atoms with Gasteiger partial charge in [0.25, 0.3) is 5.91 Å². The number of aliphatic hydroxyl groups excluding tert-OH is 5. The fraction of sp³-hybridized carbons (Fsp3) is 0.722. The molecule has 0 bridgehead atoms. The van der Waals surface area contributed by atoms with E-state index in [2.05, 4.69) is 20.7 Å². The second-order valence-electron chi connectivity index (χ2n) is 8.79. The molecule has 5 unspecified atom stereocenters. The normalized spacial score (nSPS) is 39.2. The second-order valence-corrected chi connectivity index (χ2v) is 11.8. The Kier molecular flexibility index (Phi) is 9.90. The van der Waals surface area contributed by atoms with Crippen LogP contribution >= 0.6 is 15.6 Å². The van der Waals surface area contributed by atoms with Crippen molar-refractivity contribution in [3.05, 3.63) is 24.7 Å². The molecule has 3 heterocycles. The highest BCUT2D eigenvalue weighted by molar-refractivity contribution is 7.61. The summed E-state index contributed by atoms with van der Waals surface area (Å²) >= 11 is 0. The quantitative estimate of drug-likeness (QED) is 0.114. The van der Waals surface area contributed by atoms with Gasteiger partial charge < -0.3 is 59.9 Å². The van der Waals surface area contributed by atoms with Gasteiger partial charge in [-0.15, -0.1) is 0 Å². The summed E-state index contributed by atoms with van der Waals surface area (Å²) in [6, 6.07) is -1.12. The van der Waals surface area contributed by atoms with Gasteiger partial charge in [-0.25, -0.2) is 9.13 Å². The van der Waals surface area contributed by atoms with Crippen LogP contribution in [0.1, 0.15) is 0 Å². The first-order chi connectivity index (χ1) is 17.6. The number of carbonyl (C=O) groups is 1. The van der Waals surface area contributed by atoms with Gasteiger partial charge >= 0.3 is 15.6 Å². The molecule has 3 aliphatic rings. The number of amides is 1. The second kappa shape index (κ2) is 12.1. The highest BCUT2D eigenvalue weighted by Gasteiger charge is 2.51. The first-order valence-corrected chi connectivity index (χ1v) is 14.0. The number of rotatable bonds is 10. The Morgan fingerprint density at radius 1 is 1.05 bits per heavy atom. The van der Waals surface area contributed by atoms with Crippen LogP contribution in [-0.2, 0) is 36.8 Å². The molecule has 38 heavy (non-hydrogen) atoms. The summed E-state index contributed by atoms with van der Waals surface area (Å²) in [6.07, 6.45) is -10.1. The Labute approximate surface area is 216 Å². The largest absolute Gasteiger partial charge is 0.483 e. The molecule has 0 aromatic heterocycles. The standard InChI is InChI=1S/C18H31N3O15P2/c1-8-19-11(23)4-5-21(8)17-16(27)14(25)10(33-17)7-32-37(28,29)36-38(30,31)35-18-15(26)12(20(2)3)13(24)9(6-22)34-18/h4-5,9-10,12-18,22,24-27H,1,6-7H2,2-3H3,(H,19,23)(H,28,29)(H,30,31)/t9?,10-,12+,13-,14?,15?,16+,17-,18-/m1/s1. The summed E-state index contributed by atoms with van der Waals surface area (Å²) in [5.74, 6) is -0.468. The molecule has 3 aliphatic heterocycles.